The molecular weight excluding hydrogens is 292 g/mol. The van der Waals surface area contributed by atoms with Crippen LogP contribution in [0.4, 0.5) is 0 Å². The van der Waals surface area contributed by atoms with Gasteiger partial charge in [0.25, 0.3) is 0 Å². The largest absolute Gasteiger partial charge is 0.360 e. The van der Waals surface area contributed by atoms with E-state index in [0.717, 1.165) is 33.6 Å². The van der Waals surface area contributed by atoms with E-state index in [4.69, 9.17) is 5.73 Å². The fraction of sp³-hybridized carbons (Fsp3) is 0.154. The second-order valence-corrected chi connectivity index (χ2v) is 4.89. The number of nitrogens with two attached hydrogens (primary N) is 1. The van der Waals surface area contributed by atoms with E-state index in [1.54, 1.807) is 0 Å². The third kappa shape index (κ3) is 1.85. The van der Waals surface area contributed by atoms with Gasteiger partial charge in [0.15, 0.2) is 4.73 Å². The van der Waals surface area contributed by atoms with Crippen LogP contribution in [0, 0.1) is 0 Å². The Kier molecular flexibility index (Phi) is 2.93. The molecule has 3 rings (SSSR count). The van der Waals surface area contributed by atoms with E-state index in [1.165, 1.54) is 5.39 Å². The van der Waals surface area contributed by atoms with E-state index in [0.29, 0.717) is 6.54 Å². The molecule has 4 N–H and O–H groups in total. The predicted octanol–water partition coefficient (Wildman–Crippen LogP) is 2.82. The van der Waals surface area contributed by atoms with Gasteiger partial charge < -0.3 is 15.7 Å². The monoisotopic (exact) mass is 304 g/mol. The molecule has 18 heavy (non-hydrogen) atoms. The molecule has 2 aromatic heterocycles. The molecule has 0 radical (unpaired) electrons. The molecule has 0 saturated heterocycles. The van der Waals surface area contributed by atoms with Crippen LogP contribution in [0.3, 0.4) is 0 Å². The van der Waals surface area contributed by atoms with E-state index in [-0.39, 0.29) is 0 Å². The first-order chi connectivity index (χ1) is 8.79. The highest BCUT2D eigenvalue weighted by Gasteiger charge is 2.14. The molecule has 0 aliphatic heterocycles. The molecule has 2 heterocycles. The number of para-hydroxylation sites is 1. The third-order valence-electron chi connectivity index (χ3n) is 2.99. The minimum Gasteiger partial charge on any atom is -0.360 e. The van der Waals surface area contributed by atoms with Crippen molar-refractivity contribution in [3.05, 3.63) is 40.9 Å². The average molecular weight is 305 g/mol. The lowest BCUT2D eigenvalue weighted by Crippen LogP contribution is -2.03. The normalized spacial score (nSPS) is 11.2. The predicted molar refractivity (Wildman–Crippen MR) is 76.3 cm³/mol. The molecule has 0 spiro atoms. The molecular formula is C13H13BrN4. The lowest BCUT2D eigenvalue weighted by Gasteiger charge is -1.99. The number of nitrogens with zero attached hydrogens (tertiary/aromatic N) is 1. The molecule has 3 aromatic rings. The first kappa shape index (κ1) is 11.5. The van der Waals surface area contributed by atoms with Crippen molar-refractivity contribution in [2.75, 3.05) is 6.54 Å². The first-order valence-electron chi connectivity index (χ1n) is 5.80. The number of hydrogen-bond donors (Lipinski definition) is 3. The summed E-state index contributed by atoms with van der Waals surface area (Å²) in [5.74, 6) is 0. The van der Waals surface area contributed by atoms with Crippen LogP contribution in [0.15, 0.2) is 35.2 Å². The molecule has 0 amide bonds. The number of imidazole rings is 1. The van der Waals surface area contributed by atoms with Gasteiger partial charge in [-0.1, -0.05) is 18.2 Å². The van der Waals surface area contributed by atoms with Crippen molar-refractivity contribution < 1.29 is 0 Å². The van der Waals surface area contributed by atoms with E-state index in [2.05, 4.69) is 43.0 Å². The van der Waals surface area contributed by atoms with Gasteiger partial charge in [0.05, 0.1) is 5.69 Å². The minimum absolute atomic E-state index is 0.601. The quantitative estimate of drug-likeness (QED) is 0.696. The summed E-state index contributed by atoms with van der Waals surface area (Å²) in [6.45, 7) is 0.601. The van der Waals surface area contributed by atoms with Gasteiger partial charge in [0.2, 0.25) is 0 Å². The zero-order valence-electron chi connectivity index (χ0n) is 9.70. The summed E-state index contributed by atoms with van der Waals surface area (Å²) in [6.07, 6.45) is 2.78. The van der Waals surface area contributed by atoms with Crippen LogP contribution in [0.5, 0.6) is 0 Å². The third-order valence-corrected chi connectivity index (χ3v) is 3.36. The number of benzene rings is 1. The summed E-state index contributed by atoms with van der Waals surface area (Å²) in [5.41, 5.74) is 9.88. The molecule has 0 saturated carbocycles. The van der Waals surface area contributed by atoms with Crippen LogP contribution in [0.2, 0.25) is 0 Å². The molecule has 0 atom stereocenters. The molecule has 0 bridgehead atoms. The van der Waals surface area contributed by atoms with Gasteiger partial charge in [-0.05, 0) is 28.5 Å². The summed E-state index contributed by atoms with van der Waals surface area (Å²) in [4.78, 5) is 11.0. The maximum atomic E-state index is 5.63. The van der Waals surface area contributed by atoms with Gasteiger partial charge in [-0.25, -0.2) is 4.98 Å². The Morgan fingerprint density at radius 3 is 2.94 bits per heavy atom. The fourth-order valence-corrected chi connectivity index (χ4v) is 2.61. The molecule has 92 valence electrons. The van der Waals surface area contributed by atoms with Crippen LogP contribution < -0.4 is 5.73 Å². The van der Waals surface area contributed by atoms with E-state index in [1.807, 2.05) is 18.3 Å². The number of aromatic nitrogens is 3. The maximum absolute atomic E-state index is 5.63. The highest BCUT2D eigenvalue weighted by Crippen LogP contribution is 2.30. The second kappa shape index (κ2) is 4.59. The smallest absolute Gasteiger partial charge is 0.175 e. The van der Waals surface area contributed by atoms with Gasteiger partial charge in [-0.15, -0.1) is 0 Å². The van der Waals surface area contributed by atoms with Crippen molar-refractivity contribution in [3.8, 4) is 11.3 Å². The van der Waals surface area contributed by atoms with Crippen LogP contribution in [0.25, 0.3) is 22.2 Å². The Morgan fingerprint density at radius 1 is 1.28 bits per heavy atom. The van der Waals surface area contributed by atoms with Crippen molar-refractivity contribution in [3.63, 3.8) is 0 Å². The maximum Gasteiger partial charge on any atom is 0.175 e. The molecule has 0 fully saturated rings. The first-order valence-corrected chi connectivity index (χ1v) is 6.60. The minimum atomic E-state index is 0.601. The van der Waals surface area contributed by atoms with Crippen LogP contribution in [-0.2, 0) is 6.42 Å². The van der Waals surface area contributed by atoms with Gasteiger partial charge in [-0.2, -0.15) is 0 Å². The van der Waals surface area contributed by atoms with E-state index >= 15 is 0 Å². The number of hydrogen-bond acceptors (Lipinski definition) is 2. The van der Waals surface area contributed by atoms with Crippen LogP contribution in [0.1, 0.15) is 5.69 Å². The van der Waals surface area contributed by atoms with E-state index in [9.17, 15) is 0 Å². The fourth-order valence-electron chi connectivity index (χ4n) is 2.19. The Bertz CT molecular complexity index is 683. The number of H-pyrrole nitrogens is 2. The summed E-state index contributed by atoms with van der Waals surface area (Å²) >= 11 is 3.38. The number of nitrogens with one attached hydrogen (secondary N) is 2. The average Bonchev–Trinajstić information content (AvgIpc) is 2.93. The molecule has 5 heteroatoms. The molecule has 4 nitrogen and oxygen atoms in total. The van der Waals surface area contributed by atoms with Crippen molar-refractivity contribution in [1.82, 2.24) is 15.0 Å². The van der Waals surface area contributed by atoms with Crippen molar-refractivity contribution in [2.45, 2.75) is 6.42 Å². The Labute approximate surface area is 113 Å². The Hall–Kier alpha value is -1.59. The summed E-state index contributed by atoms with van der Waals surface area (Å²) < 4.78 is 0.742. The Balaban J connectivity index is 2.19. The lowest BCUT2D eigenvalue weighted by atomic mass is 10.1. The van der Waals surface area contributed by atoms with Gasteiger partial charge >= 0.3 is 0 Å². The van der Waals surface area contributed by atoms with Crippen LogP contribution >= 0.6 is 15.9 Å². The number of halogens is 1. The van der Waals surface area contributed by atoms with Gasteiger partial charge in [0.1, 0.15) is 0 Å². The standard InChI is InChI=1S/C13H13BrN4/c14-13-17-11(5-6-15)12(18-13)9-7-16-10-4-2-1-3-8(9)10/h1-4,7,16H,5-6,15H2,(H,17,18). The number of rotatable bonds is 3. The van der Waals surface area contributed by atoms with Crippen LogP contribution in [-0.4, -0.2) is 21.5 Å². The summed E-state index contributed by atoms with van der Waals surface area (Å²) in [5, 5.41) is 1.18. The molecule has 0 aliphatic carbocycles. The van der Waals surface area contributed by atoms with Crippen molar-refractivity contribution in [1.29, 1.82) is 0 Å². The molecule has 0 aliphatic rings. The van der Waals surface area contributed by atoms with Gasteiger partial charge in [0, 0.05) is 34.8 Å². The van der Waals surface area contributed by atoms with Crippen molar-refractivity contribution >= 4 is 26.8 Å². The zero-order valence-corrected chi connectivity index (χ0v) is 11.3. The summed E-state index contributed by atoms with van der Waals surface area (Å²) in [7, 11) is 0. The highest BCUT2D eigenvalue weighted by atomic mass is 79.9. The van der Waals surface area contributed by atoms with Crippen molar-refractivity contribution in [2.24, 2.45) is 5.73 Å². The number of aromatic amines is 2. The lowest BCUT2D eigenvalue weighted by molar-refractivity contribution is 0.934. The highest BCUT2D eigenvalue weighted by molar-refractivity contribution is 9.10. The molecule has 0 unspecified atom stereocenters. The zero-order chi connectivity index (χ0) is 12.5. The molecule has 1 aromatic carbocycles. The Morgan fingerprint density at radius 2 is 2.11 bits per heavy atom. The topological polar surface area (TPSA) is 70.5 Å². The second-order valence-electron chi connectivity index (χ2n) is 4.14. The number of fused-ring (bicyclic) bond motifs is 1. The van der Waals surface area contributed by atoms with E-state index < -0.39 is 0 Å². The summed E-state index contributed by atoms with van der Waals surface area (Å²) in [6, 6.07) is 8.20. The SMILES string of the molecule is NCCc1[nH]c(Br)nc1-c1c[nH]c2ccccc12. The van der Waals surface area contributed by atoms with Gasteiger partial charge in [-0.3, -0.25) is 0 Å².